The number of hydrogen-bond donors (Lipinski definition) is 1. The molecule has 0 radical (unpaired) electrons. The Bertz CT molecular complexity index is 143. The molecule has 1 N–H and O–H groups in total. The summed E-state index contributed by atoms with van der Waals surface area (Å²) in [5, 5.41) is 3.57. The van der Waals surface area contributed by atoms with Gasteiger partial charge in [-0.3, -0.25) is 0 Å². The first-order valence-corrected chi connectivity index (χ1v) is 5.66. The maximum Gasteiger partial charge on any atom is 0.0615 e. The SMILES string of the molecule is CCC(COC)NCC(C)(C)C(C)C. The fourth-order valence-electron chi connectivity index (χ4n) is 1.13. The summed E-state index contributed by atoms with van der Waals surface area (Å²) < 4.78 is 5.16. The summed E-state index contributed by atoms with van der Waals surface area (Å²) in [5.41, 5.74) is 0.362. The summed E-state index contributed by atoms with van der Waals surface area (Å²) in [7, 11) is 1.76. The molecule has 0 bridgehead atoms. The van der Waals surface area contributed by atoms with Crippen LogP contribution < -0.4 is 5.32 Å². The normalized spacial score (nSPS) is 14.8. The van der Waals surface area contributed by atoms with Crippen LogP contribution in [0.25, 0.3) is 0 Å². The van der Waals surface area contributed by atoms with Crippen molar-refractivity contribution in [3.8, 4) is 0 Å². The summed E-state index contributed by atoms with van der Waals surface area (Å²) in [6, 6.07) is 0.498. The fourth-order valence-corrected chi connectivity index (χ4v) is 1.13. The quantitative estimate of drug-likeness (QED) is 0.684. The zero-order valence-electron chi connectivity index (χ0n) is 10.7. The molecule has 0 saturated carbocycles. The first kappa shape index (κ1) is 13.9. The summed E-state index contributed by atoms with van der Waals surface area (Å²) in [4.78, 5) is 0. The van der Waals surface area contributed by atoms with E-state index in [1.165, 1.54) is 0 Å². The number of nitrogens with one attached hydrogen (secondary N) is 1. The molecule has 0 fully saturated rings. The Balaban J connectivity index is 3.89. The summed E-state index contributed by atoms with van der Waals surface area (Å²) in [5.74, 6) is 0.704. The molecule has 0 amide bonds. The number of hydrogen-bond acceptors (Lipinski definition) is 2. The van der Waals surface area contributed by atoms with Crippen molar-refractivity contribution in [2.75, 3.05) is 20.3 Å². The molecule has 86 valence electrons. The standard InChI is InChI=1S/C12H27NO/c1-7-11(8-14-6)13-9-12(4,5)10(2)3/h10-11,13H,7-9H2,1-6H3. The van der Waals surface area contributed by atoms with E-state index in [2.05, 4.69) is 39.9 Å². The minimum absolute atomic E-state index is 0.362. The first-order valence-electron chi connectivity index (χ1n) is 5.66. The van der Waals surface area contributed by atoms with Gasteiger partial charge < -0.3 is 10.1 Å². The molecule has 0 aliphatic carbocycles. The molecule has 0 heterocycles. The predicted octanol–water partition coefficient (Wildman–Crippen LogP) is 2.68. The molecular weight excluding hydrogens is 174 g/mol. The van der Waals surface area contributed by atoms with Crippen LogP contribution in [0.1, 0.15) is 41.0 Å². The van der Waals surface area contributed by atoms with Crippen molar-refractivity contribution in [1.29, 1.82) is 0 Å². The Morgan fingerprint density at radius 1 is 1.29 bits per heavy atom. The van der Waals surface area contributed by atoms with Gasteiger partial charge in [-0.25, -0.2) is 0 Å². The van der Waals surface area contributed by atoms with Crippen molar-refractivity contribution in [1.82, 2.24) is 5.32 Å². The van der Waals surface area contributed by atoms with Crippen LogP contribution in [0.15, 0.2) is 0 Å². The van der Waals surface area contributed by atoms with Crippen LogP contribution in [0.3, 0.4) is 0 Å². The van der Waals surface area contributed by atoms with E-state index in [-0.39, 0.29) is 0 Å². The number of methoxy groups -OCH3 is 1. The molecule has 0 aliphatic rings. The molecule has 1 atom stereocenters. The molecule has 1 unspecified atom stereocenters. The van der Waals surface area contributed by atoms with Gasteiger partial charge in [0.15, 0.2) is 0 Å². The molecular formula is C12H27NO. The lowest BCUT2D eigenvalue weighted by Gasteiger charge is -2.31. The van der Waals surface area contributed by atoms with E-state index >= 15 is 0 Å². The smallest absolute Gasteiger partial charge is 0.0615 e. The van der Waals surface area contributed by atoms with Gasteiger partial charge in [0.2, 0.25) is 0 Å². The second kappa shape index (κ2) is 6.41. The van der Waals surface area contributed by atoms with E-state index in [0.717, 1.165) is 19.6 Å². The van der Waals surface area contributed by atoms with E-state index < -0.39 is 0 Å². The molecule has 0 spiro atoms. The number of rotatable bonds is 7. The van der Waals surface area contributed by atoms with E-state index in [0.29, 0.717) is 17.4 Å². The van der Waals surface area contributed by atoms with Crippen molar-refractivity contribution in [3.63, 3.8) is 0 Å². The lowest BCUT2D eigenvalue weighted by Crippen LogP contribution is -2.41. The van der Waals surface area contributed by atoms with E-state index in [9.17, 15) is 0 Å². The van der Waals surface area contributed by atoms with Gasteiger partial charge in [-0.05, 0) is 17.8 Å². The van der Waals surface area contributed by atoms with Crippen LogP contribution in [0, 0.1) is 11.3 Å². The molecule has 0 saturated heterocycles. The van der Waals surface area contributed by atoms with Crippen LogP contribution in [-0.4, -0.2) is 26.3 Å². The average molecular weight is 201 g/mol. The van der Waals surface area contributed by atoms with Gasteiger partial charge in [-0.1, -0.05) is 34.6 Å². The third kappa shape index (κ3) is 4.97. The van der Waals surface area contributed by atoms with Gasteiger partial charge in [0.25, 0.3) is 0 Å². The Kier molecular flexibility index (Phi) is 6.38. The van der Waals surface area contributed by atoms with Crippen LogP contribution >= 0.6 is 0 Å². The van der Waals surface area contributed by atoms with Crippen molar-refractivity contribution < 1.29 is 4.74 Å². The Labute approximate surface area is 89.4 Å². The van der Waals surface area contributed by atoms with Crippen LogP contribution in [0.2, 0.25) is 0 Å². The second-order valence-corrected chi connectivity index (χ2v) is 5.08. The van der Waals surface area contributed by atoms with Gasteiger partial charge in [0.1, 0.15) is 0 Å². The highest BCUT2D eigenvalue weighted by atomic mass is 16.5. The Morgan fingerprint density at radius 3 is 2.21 bits per heavy atom. The maximum absolute atomic E-state index is 5.16. The lowest BCUT2D eigenvalue weighted by atomic mass is 9.81. The average Bonchev–Trinajstić information content (AvgIpc) is 2.12. The first-order chi connectivity index (χ1) is 6.44. The van der Waals surface area contributed by atoms with Crippen molar-refractivity contribution in [3.05, 3.63) is 0 Å². The van der Waals surface area contributed by atoms with Crippen LogP contribution in [0.5, 0.6) is 0 Å². The molecule has 0 aromatic heterocycles. The third-order valence-electron chi connectivity index (χ3n) is 3.27. The second-order valence-electron chi connectivity index (χ2n) is 5.08. The molecule has 0 aliphatic heterocycles. The Hall–Kier alpha value is -0.0800. The highest BCUT2D eigenvalue weighted by molar-refractivity contribution is 4.77. The van der Waals surface area contributed by atoms with Crippen molar-refractivity contribution in [2.45, 2.75) is 47.1 Å². The van der Waals surface area contributed by atoms with Gasteiger partial charge in [0.05, 0.1) is 6.61 Å². The minimum atomic E-state index is 0.362. The highest BCUT2D eigenvalue weighted by Crippen LogP contribution is 2.24. The zero-order chi connectivity index (χ0) is 11.2. The molecule has 2 nitrogen and oxygen atoms in total. The minimum Gasteiger partial charge on any atom is -0.383 e. The summed E-state index contributed by atoms with van der Waals surface area (Å²) in [6.07, 6.45) is 1.13. The molecule has 0 rings (SSSR count). The molecule has 0 aromatic carbocycles. The van der Waals surface area contributed by atoms with Crippen molar-refractivity contribution in [2.24, 2.45) is 11.3 Å². The lowest BCUT2D eigenvalue weighted by molar-refractivity contribution is 0.148. The Morgan fingerprint density at radius 2 is 1.86 bits per heavy atom. The zero-order valence-corrected chi connectivity index (χ0v) is 10.7. The van der Waals surface area contributed by atoms with Crippen LogP contribution in [-0.2, 0) is 4.74 Å². The van der Waals surface area contributed by atoms with E-state index in [4.69, 9.17) is 4.74 Å². The number of ether oxygens (including phenoxy) is 1. The topological polar surface area (TPSA) is 21.3 Å². The largest absolute Gasteiger partial charge is 0.383 e. The monoisotopic (exact) mass is 201 g/mol. The van der Waals surface area contributed by atoms with Crippen molar-refractivity contribution >= 4 is 0 Å². The predicted molar refractivity (Wildman–Crippen MR) is 62.6 cm³/mol. The van der Waals surface area contributed by atoms with E-state index in [1.807, 2.05) is 0 Å². The summed E-state index contributed by atoms with van der Waals surface area (Å²) in [6.45, 7) is 13.2. The van der Waals surface area contributed by atoms with Gasteiger partial charge in [-0.15, -0.1) is 0 Å². The molecule has 0 aromatic rings. The fraction of sp³-hybridized carbons (Fsp3) is 1.00. The van der Waals surface area contributed by atoms with Crippen LogP contribution in [0.4, 0.5) is 0 Å². The molecule has 2 heteroatoms. The van der Waals surface area contributed by atoms with E-state index in [1.54, 1.807) is 7.11 Å². The van der Waals surface area contributed by atoms with Gasteiger partial charge in [-0.2, -0.15) is 0 Å². The van der Waals surface area contributed by atoms with Gasteiger partial charge in [0, 0.05) is 19.7 Å². The maximum atomic E-state index is 5.16. The summed E-state index contributed by atoms with van der Waals surface area (Å²) >= 11 is 0. The highest BCUT2D eigenvalue weighted by Gasteiger charge is 2.22. The van der Waals surface area contributed by atoms with Gasteiger partial charge >= 0.3 is 0 Å². The third-order valence-corrected chi connectivity index (χ3v) is 3.27. The molecule has 14 heavy (non-hydrogen) atoms.